The zero-order valence-corrected chi connectivity index (χ0v) is 24.6. The lowest BCUT2D eigenvalue weighted by atomic mass is 10.1. The molecule has 3 amide bonds. The van der Waals surface area contributed by atoms with Crippen molar-refractivity contribution in [2.75, 3.05) is 22.8 Å². The summed E-state index contributed by atoms with van der Waals surface area (Å²) in [5.41, 5.74) is 0.799. The van der Waals surface area contributed by atoms with Crippen molar-refractivity contribution >= 4 is 72.1 Å². The van der Waals surface area contributed by atoms with E-state index in [0.717, 1.165) is 22.7 Å². The Morgan fingerprint density at radius 3 is 2.34 bits per heavy atom. The number of nitrogens with zero attached hydrogens (tertiary/aromatic N) is 1. The zero-order chi connectivity index (χ0) is 29.7. The normalized spacial score (nSPS) is 14.9. The Kier molecular flexibility index (Phi) is 9.46. The van der Waals surface area contributed by atoms with Gasteiger partial charge in [0.05, 0.1) is 22.4 Å². The van der Waals surface area contributed by atoms with Crippen LogP contribution in [0.4, 0.5) is 20.6 Å². The number of anilines is 2. The number of carbonyl (C=O) groups is 4. The van der Waals surface area contributed by atoms with E-state index < -0.39 is 44.8 Å². The number of sulfonamides is 1. The third kappa shape index (κ3) is 7.51. The predicted molar refractivity (Wildman–Crippen MR) is 155 cm³/mol. The van der Waals surface area contributed by atoms with Gasteiger partial charge in [-0.3, -0.25) is 34.1 Å². The molecular weight excluding hydrogens is 641 g/mol. The Labute approximate surface area is 247 Å². The molecule has 0 spiro atoms. The molecule has 1 fully saturated rings. The minimum atomic E-state index is -4.00. The third-order valence-electron chi connectivity index (χ3n) is 5.84. The van der Waals surface area contributed by atoms with Gasteiger partial charge in [0.15, 0.2) is 0 Å². The molecule has 1 heterocycles. The summed E-state index contributed by atoms with van der Waals surface area (Å²) in [5, 5.41) is 1.22. The smallest absolute Gasteiger partial charge is 0.326 e. The van der Waals surface area contributed by atoms with Crippen LogP contribution in [0.2, 0.25) is 0 Å². The summed E-state index contributed by atoms with van der Waals surface area (Å²) in [6, 6.07) is 15.4. The fraction of sp³-hybridized carbons (Fsp3) is 0.185. The number of ether oxygens (including phenoxy) is 1. The number of nitrogens with one attached hydrogen (secondary N) is 2. The molecule has 10 nitrogen and oxygen atoms in total. The Hall–Kier alpha value is -3.75. The van der Waals surface area contributed by atoms with Crippen molar-refractivity contribution in [3.05, 3.63) is 88.1 Å². The molecule has 2 N–H and O–H groups in total. The highest BCUT2D eigenvalue weighted by Crippen LogP contribution is 2.26. The fourth-order valence-corrected chi connectivity index (χ4v) is 6.15. The number of hydrogen-bond donors (Lipinski definition) is 2. The second kappa shape index (κ2) is 12.8. The first-order valence-electron chi connectivity index (χ1n) is 12.1. The average Bonchev–Trinajstić information content (AvgIpc) is 3.24. The van der Waals surface area contributed by atoms with E-state index in [4.69, 9.17) is 4.74 Å². The van der Waals surface area contributed by atoms with E-state index in [0.29, 0.717) is 10.0 Å². The van der Waals surface area contributed by atoms with Crippen LogP contribution in [-0.2, 0) is 30.8 Å². The van der Waals surface area contributed by atoms with Crippen molar-refractivity contribution < 1.29 is 36.7 Å². The highest BCUT2D eigenvalue weighted by Gasteiger charge is 2.31. The van der Waals surface area contributed by atoms with Crippen molar-refractivity contribution in [2.45, 2.75) is 23.5 Å². The van der Waals surface area contributed by atoms with Crippen LogP contribution in [0.5, 0.6) is 0 Å². The molecule has 1 aliphatic rings. The molecule has 0 aliphatic carbocycles. The Morgan fingerprint density at radius 2 is 1.76 bits per heavy atom. The molecule has 1 atom stereocenters. The van der Waals surface area contributed by atoms with Crippen LogP contribution in [0, 0.1) is 5.82 Å². The van der Waals surface area contributed by atoms with E-state index in [1.807, 2.05) is 0 Å². The number of hydrogen-bond acceptors (Lipinski definition) is 8. The van der Waals surface area contributed by atoms with Crippen molar-refractivity contribution in [3.63, 3.8) is 0 Å². The van der Waals surface area contributed by atoms with Gasteiger partial charge in [0.2, 0.25) is 5.91 Å². The molecule has 41 heavy (non-hydrogen) atoms. The molecule has 4 rings (SSSR count). The number of thioether (sulfide) groups is 1. The lowest BCUT2D eigenvalue weighted by Gasteiger charge is -2.23. The fourth-order valence-electron chi connectivity index (χ4n) is 3.90. The largest absolute Gasteiger partial charge is 0.465 e. The van der Waals surface area contributed by atoms with Crippen LogP contribution >= 0.6 is 27.7 Å². The maximum Gasteiger partial charge on any atom is 0.326 e. The molecule has 1 saturated heterocycles. The first-order chi connectivity index (χ1) is 19.5. The minimum absolute atomic E-state index is 0.0349. The first kappa shape index (κ1) is 30.2. The van der Waals surface area contributed by atoms with Crippen LogP contribution < -0.4 is 14.9 Å². The van der Waals surface area contributed by atoms with Gasteiger partial charge in [0.25, 0.3) is 21.2 Å². The zero-order valence-electron chi connectivity index (χ0n) is 21.4. The van der Waals surface area contributed by atoms with Gasteiger partial charge >= 0.3 is 5.97 Å². The van der Waals surface area contributed by atoms with E-state index in [2.05, 4.69) is 26.0 Å². The van der Waals surface area contributed by atoms with Crippen LogP contribution in [0.15, 0.2) is 76.1 Å². The number of halogens is 2. The average molecular weight is 665 g/mol. The lowest BCUT2D eigenvalue weighted by Crippen LogP contribution is -2.37. The summed E-state index contributed by atoms with van der Waals surface area (Å²) >= 11 is 4.05. The van der Waals surface area contributed by atoms with Crippen molar-refractivity contribution in [3.8, 4) is 0 Å². The first-order valence-corrected chi connectivity index (χ1v) is 15.3. The summed E-state index contributed by atoms with van der Waals surface area (Å²) in [6.07, 6.45) is 0.267. The molecule has 3 aromatic rings. The van der Waals surface area contributed by atoms with Crippen LogP contribution in [-0.4, -0.2) is 49.8 Å². The molecule has 1 aliphatic heterocycles. The maximum atomic E-state index is 14.7. The van der Waals surface area contributed by atoms with E-state index in [1.54, 1.807) is 19.1 Å². The summed E-state index contributed by atoms with van der Waals surface area (Å²) < 4.78 is 48.3. The van der Waals surface area contributed by atoms with E-state index in [1.165, 1.54) is 48.5 Å². The van der Waals surface area contributed by atoms with Gasteiger partial charge < -0.3 is 4.74 Å². The minimum Gasteiger partial charge on any atom is -0.465 e. The SMILES string of the molecule is CCOC(=O)CN(C(=O)c1ccc(NS(=O)(=O)c2ccc(CC3SC(=O)NC3=O)cc2)cc1)c1ccc(Br)cc1F. The molecule has 0 bridgehead atoms. The summed E-state index contributed by atoms with van der Waals surface area (Å²) in [5.74, 6) is -2.53. The summed E-state index contributed by atoms with van der Waals surface area (Å²) in [4.78, 5) is 49.5. The monoisotopic (exact) mass is 663 g/mol. The summed E-state index contributed by atoms with van der Waals surface area (Å²) in [7, 11) is -4.00. The number of carbonyl (C=O) groups excluding carboxylic acids is 4. The highest BCUT2D eigenvalue weighted by atomic mass is 79.9. The Morgan fingerprint density at radius 1 is 1.07 bits per heavy atom. The van der Waals surface area contributed by atoms with Gasteiger partial charge in [-0.25, -0.2) is 12.8 Å². The van der Waals surface area contributed by atoms with Gasteiger partial charge in [-0.2, -0.15) is 0 Å². The Bertz CT molecular complexity index is 1600. The summed E-state index contributed by atoms with van der Waals surface area (Å²) in [6.45, 7) is 1.16. The predicted octanol–water partition coefficient (Wildman–Crippen LogP) is 4.49. The lowest BCUT2D eigenvalue weighted by molar-refractivity contribution is -0.141. The van der Waals surface area contributed by atoms with Crippen molar-refractivity contribution in [1.82, 2.24) is 5.32 Å². The highest BCUT2D eigenvalue weighted by molar-refractivity contribution is 9.10. The standard InChI is InChI=1S/C27H23BrFN3O7S2/c1-2-39-24(33)15-32(22-12-7-18(28)14-21(22)29)26(35)17-5-8-19(9-6-17)31-41(37,38)20-10-3-16(4-11-20)13-23-25(34)30-27(36)40-23/h3-12,14,23,31H,2,13,15H2,1H3,(H,30,34,36). The number of benzene rings is 3. The quantitative estimate of drug-likeness (QED) is 0.303. The van der Waals surface area contributed by atoms with E-state index in [9.17, 15) is 32.0 Å². The second-order valence-corrected chi connectivity index (χ2v) is 12.5. The van der Waals surface area contributed by atoms with Gasteiger partial charge in [-0.1, -0.05) is 39.8 Å². The number of amides is 3. The van der Waals surface area contributed by atoms with Gasteiger partial charge in [-0.05, 0) is 73.5 Å². The maximum absolute atomic E-state index is 14.7. The number of esters is 1. The number of rotatable bonds is 10. The molecule has 0 radical (unpaired) electrons. The van der Waals surface area contributed by atoms with Gasteiger partial charge in [0.1, 0.15) is 12.4 Å². The third-order valence-corrected chi connectivity index (χ3v) is 8.72. The van der Waals surface area contributed by atoms with Crippen molar-refractivity contribution in [1.29, 1.82) is 0 Å². The van der Waals surface area contributed by atoms with E-state index in [-0.39, 0.29) is 40.8 Å². The molecular formula is C27H23BrFN3O7S2. The topological polar surface area (TPSA) is 139 Å². The van der Waals surface area contributed by atoms with Gasteiger partial charge in [0, 0.05) is 15.7 Å². The second-order valence-electron chi connectivity index (χ2n) is 8.71. The van der Waals surface area contributed by atoms with Crippen LogP contribution in [0.1, 0.15) is 22.8 Å². The molecule has 3 aromatic carbocycles. The van der Waals surface area contributed by atoms with Gasteiger partial charge in [-0.15, -0.1) is 0 Å². The number of imide groups is 1. The molecule has 214 valence electrons. The molecule has 0 saturated carbocycles. The molecule has 0 aromatic heterocycles. The van der Waals surface area contributed by atoms with Crippen molar-refractivity contribution in [2.24, 2.45) is 0 Å². The Balaban J connectivity index is 1.48. The van der Waals surface area contributed by atoms with Crippen LogP contribution in [0.25, 0.3) is 0 Å². The van der Waals surface area contributed by atoms with Crippen LogP contribution in [0.3, 0.4) is 0 Å². The molecule has 1 unspecified atom stereocenters. The van der Waals surface area contributed by atoms with E-state index >= 15 is 0 Å². The molecule has 14 heteroatoms.